The number of nitrogens with one attached hydrogen (secondary N) is 1. The van der Waals surface area contributed by atoms with Gasteiger partial charge in [-0.25, -0.2) is 4.39 Å². The number of likely N-dealkylation sites (tertiary alicyclic amines) is 2. The summed E-state index contributed by atoms with van der Waals surface area (Å²) in [6.45, 7) is 4.36. The Bertz CT molecular complexity index is 623. The van der Waals surface area contributed by atoms with Crippen molar-refractivity contribution in [3.8, 4) is 0 Å². The highest BCUT2D eigenvalue weighted by Crippen LogP contribution is 2.24. The molecule has 2 N–H and O–H groups in total. The van der Waals surface area contributed by atoms with Crippen LogP contribution in [-0.2, 0) is 4.79 Å². The summed E-state index contributed by atoms with van der Waals surface area (Å²) < 4.78 is 13.8. The van der Waals surface area contributed by atoms with Crippen LogP contribution >= 0.6 is 11.6 Å². The van der Waals surface area contributed by atoms with Crippen molar-refractivity contribution in [2.45, 2.75) is 31.7 Å². The number of piperidine rings is 2. The second-order valence-electron chi connectivity index (χ2n) is 7.37. The summed E-state index contributed by atoms with van der Waals surface area (Å²) in [5, 5.41) is 12.3. The number of carbonyl (C=O) groups excluding carboxylic acids is 1. The van der Waals surface area contributed by atoms with Gasteiger partial charge in [0.2, 0.25) is 5.91 Å². The minimum atomic E-state index is -0.520. The summed E-state index contributed by atoms with van der Waals surface area (Å²) in [7, 11) is 0. The lowest BCUT2D eigenvalue weighted by molar-refractivity contribution is -0.117. The Labute approximate surface area is 159 Å². The number of halogens is 2. The number of hydrogen-bond acceptors (Lipinski definition) is 4. The monoisotopic (exact) mass is 383 g/mol. The molecule has 7 heteroatoms. The molecule has 2 heterocycles. The molecule has 5 nitrogen and oxygen atoms in total. The van der Waals surface area contributed by atoms with E-state index in [0.29, 0.717) is 17.0 Å². The molecule has 0 bridgehead atoms. The standard InChI is InChI=1S/C19H27ClFN3O2/c20-15-3-4-18(17(21)10-15)22-19(26)12-23-8-5-16(6-9-23)24-7-1-2-14(11-24)13-25/h3-4,10,14,16,25H,1-2,5-9,11-13H2,(H,22,26)/t14-/m0/s1. The fourth-order valence-corrected chi connectivity index (χ4v) is 4.16. The number of benzene rings is 1. The van der Waals surface area contributed by atoms with Gasteiger partial charge in [-0.2, -0.15) is 0 Å². The lowest BCUT2D eigenvalue weighted by Gasteiger charge is -2.42. The maximum atomic E-state index is 13.8. The van der Waals surface area contributed by atoms with Gasteiger partial charge in [0, 0.05) is 37.3 Å². The Hall–Kier alpha value is -1.21. The van der Waals surface area contributed by atoms with Crippen LogP contribution in [-0.4, -0.2) is 66.2 Å². The van der Waals surface area contributed by atoms with E-state index in [1.54, 1.807) is 6.07 Å². The maximum absolute atomic E-state index is 13.8. The highest BCUT2D eigenvalue weighted by Gasteiger charge is 2.29. The second kappa shape index (κ2) is 9.13. The largest absolute Gasteiger partial charge is 0.396 e. The van der Waals surface area contributed by atoms with Gasteiger partial charge in [-0.05, 0) is 56.3 Å². The first-order valence-electron chi connectivity index (χ1n) is 9.37. The molecular weight excluding hydrogens is 357 g/mol. The van der Waals surface area contributed by atoms with Crippen LogP contribution < -0.4 is 5.32 Å². The molecule has 26 heavy (non-hydrogen) atoms. The quantitative estimate of drug-likeness (QED) is 0.820. The number of rotatable bonds is 5. The molecule has 1 amide bonds. The molecule has 2 saturated heterocycles. The van der Waals surface area contributed by atoms with Crippen LogP contribution in [0.15, 0.2) is 18.2 Å². The lowest BCUT2D eigenvalue weighted by atomic mass is 9.94. The molecule has 0 saturated carbocycles. The lowest BCUT2D eigenvalue weighted by Crippen LogP contribution is -2.49. The van der Waals surface area contributed by atoms with E-state index in [4.69, 9.17) is 11.6 Å². The number of anilines is 1. The van der Waals surface area contributed by atoms with Gasteiger partial charge in [0.05, 0.1) is 12.2 Å². The van der Waals surface area contributed by atoms with Gasteiger partial charge in [0.15, 0.2) is 0 Å². The molecule has 144 valence electrons. The van der Waals surface area contributed by atoms with Crippen LogP contribution in [0.4, 0.5) is 10.1 Å². The second-order valence-corrected chi connectivity index (χ2v) is 7.80. The van der Waals surface area contributed by atoms with E-state index in [2.05, 4.69) is 15.1 Å². The molecular formula is C19H27ClFN3O2. The van der Waals surface area contributed by atoms with Crippen molar-refractivity contribution in [2.24, 2.45) is 5.92 Å². The van der Waals surface area contributed by atoms with Crippen LogP contribution in [0.5, 0.6) is 0 Å². The fourth-order valence-electron chi connectivity index (χ4n) is 4.00. The molecule has 3 rings (SSSR count). The van der Waals surface area contributed by atoms with Crippen molar-refractivity contribution in [2.75, 3.05) is 44.6 Å². The first kappa shape index (κ1) is 19.5. The zero-order valence-corrected chi connectivity index (χ0v) is 15.7. The van der Waals surface area contributed by atoms with Crippen molar-refractivity contribution in [3.05, 3.63) is 29.0 Å². The highest BCUT2D eigenvalue weighted by atomic mass is 35.5. The normalized spacial score (nSPS) is 23.1. The summed E-state index contributed by atoms with van der Waals surface area (Å²) in [6, 6.07) is 4.78. The number of amides is 1. The van der Waals surface area contributed by atoms with Crippen molar-refractivity contribution >= 4 is 23.2 Å². The van der Waals surface area contributed by atoms with Gasteiger partial charge >= 0.3 is 0 Å². The molecule has 1 atom stereocenters. The first-order valence-corrected chi connectivity index (χ1v) is 9.75. The fraction of sp³-hybridized carbons (Fsp3) is 0.632. The Morgan fingerprint density at radius 2 is 2.04 bits per heavy atom. The predicted molar refractivity (Wildman–Crippen MR) is 101 cm³/mol. The highest BCUT2D eigenvalue weighted by molar-refractivity contribution is 6.30. The Morgan fingerprint density at radius 3 is 2.73 bits per heavy atom. The number of carbonyl (C=O) groups is 1. The van der Waals surface area contributed by atoms with E-state index >= 15 is 0 Å². The van der Waals surface area contributed by atoms with Crippen molar-refractivity contribution in [1.29, 1.82) is 0 Å². The zero-order valence-electron chi connectivity index (χ0n) is 15.0. The Kier molecular flexibility index (Phi) is 6.86. The van der Waals surface area contributed by atoms with E-state index < -0.39 is 5.82 Å². The van der Waals surface area contributed by atoms with Crippen molar-refractivity contribution < 1.29 is 14.3 Å². The van der Waals surface area contributed by atoms with Crippen LogP contribution in [0, 0.1) is 11.7 Å². The van der Waals surface area contributed by atoms with E-state index in [0.717, 1.165) is 51.9 Å². The SMILES string of the molecule is O=C(CN1CCC(N2CCC[C@H](CO)C2)CC1)Nc1ccc(Cl)cc1F. The predicted octanol–water partition coefficient (Wildman–Crippen LogP) is 2.59. The maximum Gasteiger partial charge on any atom is 0.238 e. The summed E-state index contributed by atoms with van der Waals surface area (Å²) in [5.41, 5.74) is 0.164. The summed E-state index contributed by atoms with van der Waals surface area (Å²) in [5.74, 6) is -0.321. The molecule has 0 aromatic heterocycles. The Morgan fingerprint density at radius 1 is 1.27 bits per heavy atom. The molecule has 0 aliphatic carbocycles. The van der Waals surface area contributed by atoms with Gasteiger partial charge in [-0.1, -0.05) is 11.6 Å². The van der Waals surface area contributed by atoms with Gasteiger partial charge in [0.1, 0.15) is 5.82 Å². The molecule has 1 aromatic rings. The molecule has 0 spiro atoms. The molecule has 2 aliphatic heterocycles. The molecule has 0 unspecified atom stereocenters. The van der Waals surface area contributed by atoms with E-state index in [1.165, 1.54) is 12.1 Å². The molecule has 1 aromatic carbocycles. The van der Waals surface area contributed by atoms with Crippen LogP contribution in [0.2, 0.25) is 5.02 Å². The smallest absolute Gasteiger partial charge is 0.238 e. The molecule has 2 aliphatic rings. The minimum Gasteiger partial charge on any atom is -0.396 e. The number of nitrogens with zero attached hydrogens (tertiary/aromatic N) is 2. The van der Waals surface area contributed by atoms with E-state index in [-0.39, 0.29) is 24.7 Å². The summed E-state index contributed by atoms with van der Waals surface area (Å²) >= 11 is 5.73. The van der Waals surface area contributed by atoms with E-state index in [9.17, 15) is 14.3 Å². The third-order valence-electron chi connectivity index (χ3n) is 5.45. The van der Waals surface area contributed by atoms with Crippen molar-refractivity contribution in [1.82, 2.24) is 9.80 Å². The van der Waals surface area contributed by atoms with Crippen LogP contribution in [0.1, 0.15) is 25.7 Å². The van der Waals surface area contributed by atoms with Gasteiger partial charge in [-0.15, -0.1) is 0 Å². The third-order valence-corrected chi connectivity index (χ3v) is 5.69. The van der Waals surface area contributed by atoms with E-state index in [1.807, 2.05) is 0 Å². The Balaban J connectivity index is 1.44. The van der Waals surface area contributed by atoms with Gasteiger partial charge in [0.25, 0.3) is 0 Å². The summed E-state index contributed by atoms with van der Waals surface area (Å²) in [4.78, 5) is 16.8. The first-order chi connectivity index (χ1) is 12.5. The van der Waals surface area contributed by atoms with Crippen molar-refractivity contribution in [3.63, 3.8) is 0 Å². The number of hydrogen-bond donors (Lipinski definition) is 2. The van der Waals surface area contributed by atoms with Crippen LogP contribution in [0.25, 0.3) is 0 Å². The average Bonchev–Trinajstić information content (AvgIpc) is 2.65. The molecule has 0 radical (unpaired) electrons. The van der Waals surface area contributed by atoms with Crippen LogP contribution in [0.3, 0.4) is 0 Å². The number of aliphatic hydroxyl groups excluding tert-OH is 1. The molecule has 2 fully saturated rings. The summed E-state index contributed by atoms with van der Waals surface area (Å²) in [6.07, 6.45) is 4.33. The van der Waals surface area contributed by atoms with Gasteiger partial charge in [-0.3, -0.25) is 14.6 Å². The number of aliphatic hydroxyl groups is 1. The average molecular weight is 384 g/mol. The topological polar surface area (TPSA) is 55.8 Å². The van der Waals surface area contributed by atoms with Gasteiger partial charge < -0.3 is 10.4 Å². The minimum absolute atomic E-state index is 0.164. The third kappa shape index (κ3) is 5.16. The zero-order chi connectivity index (χ0) is 18.5.